The average Bonchev–Trinajstić information content (AvgIpc) is 3.10. The Labute approximate surface area is 205 Å². The third kappa shape index (κ3) is 4.32. The number of rotatable bonds is 4. The van der Waals surface area contributed by atoms with Gasteiger partial charge in [-0.05, 0) is 77.9 Å². The number of ketones is 1. The first-order valence-corrected chi connectivity index (χ1v) is 11.5. The fourth-order valence-corrected chi connectivity index (χ4v) is 4.34. The summed E-state index contributed by atoms with van der Waals surface area (Å²) in [5.41, 5.74) is 4.49. The van der Waals surface area contributed by atoms with E-state index in [1.165, 1.54) is 12.0 Å². The normalized spacial score (nSPS) is 17.7. The molecule has 4 rings (SSSR count). The van der Waals surface area contributed by atoms with Gasteiger partial charge in [-0.3, -0.25) is 19.5 Å². The molecule has 0 radical (unpaired) electrons. The summed E-state index contributed by atoms with van der Waals surface area (Å²) in [6.07, 6.45) is 3.22. The lowest BCUT2D eigenvalue weighted by atomic mass is 9.85. The Kier molecular flexibility index (Phi) is 6.24. The van der Waals surface area contributed by atoms with E-state index in [9.17, 15) is 14.7 Å². The molecule has 0 bridgehead atoms. The number of pyridine rings is 1. The van der Waals surface area contributed by atoms with E-state index < -0.39 is 17.7 Å². The maximum absolute atomic E-state index is 13.5. The van der Waals surface area contributed by atoms with E-state index >= 15 is 0 Å². The number of anilines is 1. The Bertz CT molecular complexity index is 1340. The van der Waals surface area contributed by atoms with Crippen LogP contribution in [0.4, 0.5) is 5.69 Å². The van der Waals surface area contributed by atoms with Gasteiger partial charge in [-0.1, -0.05) is 32.9 Å². The van der Waals surface area contributed by atoms with Crippen molar-refractivity contribution in [3.63, 3.8) is 0 Å². The molecule has 1 atom stereocenters. The molecule has 35 heavy (non-hydrogen) atoms. The van der Waals surface area contributed by atoms with Gasteiger partial charge in [0.05, 0.1) is 24.3 Å². The fourth-order valence-electron chi connectivity index (χ4n) is 4.34. The van der Waals surface area contributed by atoms with Crippen LogP contribution >= 0.6 is 0 Å². The van der Waals surface area contributed by atoms with Crippen LogP contribution < -0.4 is 9.64 Å². The van der Waals surface area contributed by atoms with Crippen LogP contribution in [0.5, 0.6) is 5.75 Å². The standard InChI is InChI=1S/C29H30N2O4/c1-17-7-9-21(15-18(17)2)31-25(19-11-13-30-14-12-19)24(27(33)28(31)34)26(32)22-16-20(29(3,4)5)8-10-23(22)35-6/h7-16,25,32H,1-6H3/b26-24+. The summed E-state index contributed by atoms with van der Waals surface area (Å²) in [7, 11) is 1.51. The van der Waals surface area contributed by atoms with Gasteiger partial charge in [0.15, 0.2) is 0 Å². The first kappa shape index (κ1) is 24.2. The Morgan fingerprint density at radius 2 is 1.66 bits per heavy atom. The summed E-state index contributed by atoms with van der Waals surface area (Å²) in [5.74, 6) is -1.28. The van der Waals surface area contributed by atoms with Crippen LogP contribution in [0.15, 0.2) is 66.5 Å². The van der Waals surface area contributed by atoms with Gasteiger partial charge in [-0.25, -0.2) is 0 Å². The highest BCUT2D eigenvalue weighted by Gasteiger charge is 2.47. The Morgan fingerprint density at radius 3 is 2.26 bits per heavy atom. The van der Waals surface area contributed by atoms with Gasteiger partial charge in [0.1, 0.15) is 11.5 Å². The lowest BCUT2D eigenvalue weighted by Crippen LogP contribution is -2.29. The lowest BCUT2D eigenvalue weighted by Gasteiger charge is -2.26. The second-order valence-electron chi connectivity index (χ2n) is 9.88. The molecule has 1 amide bonds. The van der Waals surface area contributed by atoms with Crippen molar-refractivity contribution < 1.29 is 19.4 Å². The second kappa shape index (κ2) is 9.02. The number of hydrogen-bond donors (Lipinski definition) is 1. The number of aliphatic hydroxyl groups excluding tert-OH is 1. The summed E-state index contributed by atoms with van der Waals surface area (Å²) < 4.78 is 5.52. The molecule has 1 saturated heterocycles. The smallest absolute Gasteiger partial charge is 0.300 e. The van der Waals surface area contributed by atoms with Gasteiger partial charge in [0.25, 0.3) is 11.7 Å². The van der Waals surface area contributed by atoms with E-state index in [1.807, 2.05) is 44.2 Å². The van der Waals surface area contributed by atoms with Crippen molar-refractivity contribution in [3.05, 3.63) is 94.3 Å². The van der Waals surface area contributed by atoms with E-state index in [0.717, 1.165) is 16.7 Å². The number of aliphatic hydroxyl groups is 1. The van der Waals surface area contributed by atoms with E-state index in [1.54, 1.807) is 30.6 Å². The van der Waals surface area contributed by atoms with Crippen LogP contribution in [0.3, 0.4) is 0 Å². The highest BCUT2D eigenvalue weighted by molar-refractivity contribution is 6.51. The number of ether oxygens (including phenoxy) is 1. The third-order valence-electron chi connectivity index (χ3n) is 6.56. The van der Waals surface area contributed by atoms with Gasteiger partial charge in [0, 0.05) is 18.1 Å². The predicted octanol–water partition coefficient (Wildman–Crippen LogP) is 5.63. The van der Waals surface area contributed by atoms with Crippen molar-refractivity contribution in [2.75, 3.05) is 12.0 Å². The number of nitrogens with zero attached hydrogens (tertiary/aromatic N) is 2. The van der Waals surface area contributed by atoms with E-state index in [2.05, 4.69) is 25.8 Å². The SMILES string of the molecule is COc1ccc(C(C)(C)C)cc1/C(O)=C1\C(=O)C(=O)N(c2ccc(C)c(C)c2)C1c1ccncc1. The van der Waals surface area contributed by atoms with Crippen molar-refractivity contribution >= 4 is 23.1 Å². The van der Waals surface area contributed by atoms with Crippen LogP contribution in [0, 0.1) is 13.8 Å². The average molecular weight is 471 g/mol. The summed E-state index contributed by atoms with van der Waals surface area (Å²) >= 11 is 0. The topological polar surface area (TPSA) is 79.7 Å². The number of amides is 1. The Balaban J connectivity index is 1.99. The maximum atomic E-state index is 13.5. The maximum Gasteiger partial charge on any atom is 0.300 e. The summed E-state index contributed by atoms with van der Waals surface area (Å²) in [6, 6.07) is 13.8. The van der Waals surface area contributed by atoms with E-state index in [0.29, 0.717) is 22.6 Å². The minimum atomic E-state index is -0.817. The van der Waals surface area contributed by atoms with Crippen molar-refractivity contribution in [1.82, 2.24) is 4.98 Å². The van der Waals surface area contributed by atoms with Crippen LogP contribution in [0.25, 0.3) is 5.76 Å². The molecule has 1 fully saturated rings. The number of carbonyl (C=O) groups is 2. The summed E-state index contributed by atoms with van der Waals surface area (Å²) in [4.78, 5) is 32.4. The minimum Gasteiger partial charge on any atom is -0.507 e. The molecular weight excluding hydrogens is 440 g/mol. The minimum absolute atomic E-state index is 0.0174. The number of benzene rings is 2. The van der Waals surface area contributed by atoms with Crippen molar-refractivity contribution in [2.45, 2.75) is 46.1 Å². The number of aryl methyl sites for hydroxylation is 2. The fraction of sp³-hybridized carbons (Fsp3) is 0.276. The highest BCUT2D eigenvalue weighted by Crippen LogP contribution is 2.44. The van der Waals surface area contributed by atoms with Gasteiger partial charge in [0.2, 0.25) is 0 Å². The summed E-state index contributed by atoms with van der Waals surface area (Å²) in [6.45, 7) is 10.1. The Hall–Kier alpha value is -3.93. The number of Topliss-reactive ketones (excluding diaryl/α,β-unsaturated/α-hetero) is 1. The molecule has 6 heteroatoms. The van der Waals surface area contributed by atoms with Crippen molar-refractivity contribution in [2.24, 2.45) is 0 Å². The molecular formula is C29H30N2O4. The first-order chi connectivity index (χ1) is 16.5. The number of hydrogen-bond acceptors (Lipinski definition) is 5. The molecule has 0 aliphatic carbocycles. The van der Waals surface area contributed by atoms with Crippen molar-refractivity contribution in [1.29, 1.82) is 0 Å². The van der Waals surface area contributed by atoms with Gasteiger partial charge in [-0.15, -0.1) is 0 Å². The molecule has 3 aromatic rings. The predicted molar refractivity (Wildman–Crippen MR) is 137 cm³/mol. The molecule has 2 aromatic carbocycles. The quantitative estimate of drug-likeness (QED) is 0.304. The molecule has 1 aliphatic rings. The van der Waals surface area contributed by atoms with Gasteiger partial charge >= 0.3 is 0 Å². The Morgan fingerprint density at radius 1 is 0.971 bits per heavy atom. The molecule has 1 aromatic heterocycles. The lowest BCUT2D eigenvalue weighted by molar-refractivity contribution is -0.132. The van der Waals surface area contributed by atoms with Crippen LogP contribution in [0.1, 0.15) is 54.6 Å². The molecule has 1 N–H and O–H groups in total. The highest BCUT2D eigenvalue weighted by atomic mass is 16.5. The van der Waals surface area contributed by atoms with Gasteiger partial charge < -0.3 is 9.84 Å². The zero-order valence-corrected chi connectivity index (χ0v) is 20.9. The van der Waals surface area contributed by atoms with E-state index in [4.69, 9.17) is 4.74 Å². The first-order valence-electron chi connectivity index (χ1n) is 11.5. The molecule has 0 saturated carbocycles. The molecule has 6 nitrogen and oxygen atoms in total. The largest absolute Gasteiger partial charge is 0.507 e. The monoisotopic (exact) mass is 470 g/mol. The third-order valence-corrected chi connectivity index (χ3v) is 6.56. The number of carbonyl (C=O) groups excluding carboxylic acids is 2. The second-order valence-corrected chi connectivity index (χ2v) is 9.88. The zero-order valence-electron chi connectivity index (χ0n) is 20.9. The number of aromatic nitrogens is 1. The van der Waals surface area contributed by atoms with Gasteiger partial charge in [-0.2, -0.15) is 0 Å². The summed E-state index contributed by atoms with van der Waals surface area (Å²) in [5, 5.41) is 11.6. The van der Waals surface area contributed by atoms with Crippen LogP contribution in [-0.2, 0) is 15.0 Å². The van der Waals surface area contributed by atoms with E-state index in [-0.39, 0.29) is 16.7 Å². The molecule has 1 aliphatic heterocycles. The molecule has 2 heterocycles. The molecule has 1 unspecified atom stereocenters. The van der Waals surface area contributed by atoms with Crippen molar-refractivity contribution in [3.8, 4) is 5.75 Å². The zero-order chi connectivity index (χ0) is 25.5. The van der Waals surface area contributed by atoms with Crippen LogP contribution in [0.2, 0.25) is 0 Å². The van der Waals surface area contributed by atoms with Crippen LogP contribution in [-0.4, -0.2) is 28.9 Å². The molecule has 180 valence electrons. The number of methoxy groups -OCH3 is 1. The molecule has 0 spiro atoms.